The zero-order valence-electron chi connectivity index (χ0n) is 27.4. The molecule has 0 bridgehead atoms. The Bertz CT molecular complexity index is 1150. The standard InChI is InChI=1S/C33H49NO4.C2H6/c1-12-33(13-2,27-16-17-28(22(4)19-27)29(35)34(11)24(6)30(36)37)26-15-14-25(21(3)18-26)20-23(5)32(10,38)31(7,8)9;1-2/h14-19,23-24,38H,12-13,20H2,1-11H3,(H,36,37);1-2H3. The van der Waals surface area contributed by atoms with Gasteiger partial charge in [-0.05, 0) is 92.2 Å². The Hall–Kier alpha value is -2.66. The Kier molecular flexibility index (Phi) is 12.2. The van der Waals surface area contributed by atoms with E-state index in [1.807, 2.05) is 39.8 Å². The molecule has 0 saturated heterocycles. The number of amides is 1. The molecule has 5 heteroatoms. The first-order valence-electron chi connectivity index (χ1n) is 14.9. The van der Waals surface area contributed by atoms with E-state index in [0.29, 0.717) is 5.56 Å². The number of aryl methyl sites for hydroxylation is 2. The molecule has 2 aromatic rings. The fraction of sp³-hybridized carbons (Fsp3) is 0.600. The predicted octanol–water partition coefficient (Wildman–Crippen LogP) is 7.96. The third-order valence-electron chi connectivity index (χ3n) is 9.37. The topological polar surface area (TPSA) is 77.8 Å². The van der Waals surface area contributed by atoms with Crippen LogP contribution in [-0.2, 0) is 16.6 Å². The second kappa shape index (κ2) is 13.8. The summed E-state index contributed by atoms with van der Waals surface area (Å²) in [6.07, 6.45) is 2.61. The lowest BCUT2D eigenvalue weighted by Crippen LogP contribution is -2.46. The number of nitrogens with zero attached hydrogens (tertiary/aromatic N) is 1. The van der Waals surface area contributed by atoms with Gasteiger partial charge in [-0.1, -0.05) is 85.7 Å². The van der Waals surface area contributed by atoms with Crippen molar-refractivity contribution in [3.05, 3.63) is 69.8 Å². The van der Waals surface area contributed by atoms with Crippen molar-refractivity contribution in [2.24, 2.45) is 11.3 Å². The summed E-state index contributed by atoms with van der Waals surface area (Å²) in [7, 11) is 1.53. The third kappa shape index (κ3) is 7.15. The molecule has 3 unspecified atom stereocenters. The molecule has 1 amide bonds. The van der Waals surface area contributed by atoms with Gasteiger partial charge in [0.1, 0.15) is 6.04 Å². The third-order valence-corrected chi connectivity index (χ3v) is 9.37. The fourth-order valence-electron chi connectivity index (χ4n) is 5.46. The number of rotatable bonds is 10. The molecule has 0 radical (unpaired) electrons. The SMILES string of the molecule is CC.CCC(CC)(c1ccc(CC(C)C(C)(O)C(C)(C)C)c(C)c1)c1ccc(C(=O)N(C)C(C)C(=O)O)c(C)c1. The minimum atomic E-state index is -1.03. The summed E-state index contributed by atoms with van der Waals surface area (Å²) in [5.41, 5.74) is 5.02. The number of hydrogen-bond acceptors (Lipinski definition) is 3. The highest BCUT2D eigenvalue weighted by atomic mass is 16.4. The van der Waals surface area contributed by atoms with E-state index in [1.54, 1.807) is 0 Å². The molecule has 2 N–H and O–H groups in total. The van der Waals surface area contributed by atoms with Crippen LogP contribution in [0, 0.1) is 25.2 Å². The van der Waals surface area contributed by atoms with Gasteiger partial charge in [0, 0.05) is 18.0 Å². The van der Waals surface area contributed by atoms with E-state index in [0.717, 1.165) is 30.4 Å². The van der Waals surface area contributed by atoms with E-state index in [-0.39, 0.29) is 22.7 Å². The van der Waals surface area contributed by atoms with Crippen LogP contribution >= 0.6 is 0 Å². The average molecular weight is 554 g/mol. The molecule has 0 heterocycles. The van der Waals surface area contributed by atoms with Crippen LogP contribution in [0.3, 0.4) is 0 Å². The van der Waals surface area contributed by atoms with Crippen molar-refractivity contribution >= 4 is 11.9 Å². The van der Waals surface area contributed by atoms with Gasteiger partial charge in [-0.15, -0.1) is 0 Å². The number of carboxylic acid groups (broad SMARTS) is 1. The Morgan fingerprint density at radius 2 is 1.35 bits per heavy atom. The maximum atomic E-state index is 13.0. The van der Waals surface area contributed by atoms with Gasteiger partial charge in [-0.3, -0.25) is 4.79 Å². The van der Waals surface area contributed by atoms with Crippen molar-refractivity contribution in [2.45, 2.75) is 119 Å². The van der Waals surface area contributed by atoms with Gasteiger partial charge in [-0.25, -0.2) is 4.79 Å². The lowest BCUT2D eigenvalue weighted by atomic mass is 9.68. The molecule has 0 fully saturated rings. The summed E-state index contributed by atoms with van der Waals surface area (Å²) < 4.78 is 0. The normalized spacial score (nSPS) is 14.8. The number of likely N-dealkylation sites (N-methyl/N-ethyl adjacent to an activating group) is 1. The van der Waals surface area contributed by atoms with Crippen LogP contribution in [0.5, 0.6) is 0 Å². The Morgan fingerprint density at radius 1 is 0.875 bits per heavy atom. The largest absolute Gasteiger partial charge is 0.480 e. The van der Waals surface area contributed by atoms with E-state index in [9.17, 15) is 19.8 Å². The summed E-state index contributed by atoms with van der Waals surface area (Å²) in [5, 5.41) is 20.5. The minimum absolute atomic E-state index is 0.101. The van der Waals surface area contributed by atoms with Crippen LogP contribution in [0.25, 0.3) is 0 Å². The molecule has 5 nitrogen and oxygen atoms in total. The van der Waals surface area contributed by atoms with Gasteiger partial charge in [0.2, 0.25) is 0 Å². The average Bonchev–Trinajstić information content (AvgIpc) is 2.90. The first kappa shape index (κ1) is 35.4. The van der Waals surface area contributed by atoms with Crippen LogP contribution in [-0.4, -0.2) is 45.7 Å². The maximum Gasteiger partial charge on any atom is 0.326 e. The van der Waals surface area contributed by atoms with E-state index in [1.165, 1.54) is 35.6 Å². The number of carbonyl (C=O) groups excluding carboxylic acids is 1. The Labute approximate surface area is 244 Å². The second-order valence-corrected chi connectivity index (χ2v) is 12.4. The Morgan fingerprint density at radius 3 is 1.75 bits per heavy atom. The molecule has 2 aromatic carbocycles. The number of hydrogen-bond donors (Lipinski definition) is 2. The Balaban J connectivity index is 0.00000391. The smallest absolute Gasteiger partial charge is 0.326 e. The minimum Gasteiger partial charge on any atom is -0.480 e. The second-order valence-electron chi connectivity index (χ2n) is 12.4. The summed E-state index contributed by atoms with van der Waals surface area (Å²) in [6, 6.07) is 11.8. The van der Waals surface area contributed by atoms with Gasteiger partial charge in [-0.2, -0.15) is 0 Å². The highest BCUT2D eigenvalue weighted by molar-refractivity contribution is 5.97. The predicted molar refractivity (Wildman–Crippen MR) is 167 cm³/mol. The number of carbonyl (C=O) groups is 2. The molecule has 3 atom stereocenters. The number of carboxylic acids is 1. The van der Waals surface area contributed by atoms with E-state index < -0.39 is 17.6 Å². The lowest BCUT2D eigenvalue weighted by Gasteiger charge is -2.42. The van der Waals surface area contributed by atoms with Crippen LogP contribution in [0.4, 0.5) is 0 Å². The first-order valence-corrected chi connectivity index (χ1v) is 14.9. The fourth-order valence-corrected chi connectivity index (χ4v) is 5.46. The summed E-state index contributed by atoms with van der Waals surface area (Å²) in [6.45, 7) is 24.3. The van der Waals surface area contributed by atoms with Crippen molar-refractivity contribution in [3.63, 3.8) is 0 Å². The van der Waals surface area contributed by atoms with E-state index >= 15 is 0 Å². The van der Waals surface area contributed by atoms with Crippen LogP contribution in [0.15, 0.2) is 36.4 Å². The van der Waals surface area contributed by atoms with Crippen molar-refractivity contribution in [2.75, 3.05) is 7.05 Å². The highest BCUT2D eigenvalue weighted by Crippen LogP contribution is 2.41. The summed E-state index contributed by atoms with van der Waals surface area (Å²) in [5.74, 6) is -1.21. The maximum absolute atomic E-state index is 13.0. The summed E-state index contributed by atoms with van der Waals surface area (Å²) >= 11 is 0. The lowest BCUT2D eigenvalue weighted by molar-refractivity contribution is -0.141. The quantitative estimate of drug-likeness (QED) is 0.313. The molecule has 224 valence electrons. The molecule has 0 spiro atoms. The van der Waals surface area contributed by atoms with Gasteiger partial charge < -0.3 is 15.1 Å². The molecule has 40 heavy (non-hydrogen) atoms. The number of aliphatic hydroxyl groups is 1. The van der Waals surface area contributed by atoms with Crippen molar-refractivity contribution in [1.29, 1.82) is 0 Å². The summed E-state index contributed by atoms with van der Waals surface area (Å²) in [4.78, 5) is 25.7. The molecular formula is C35H55NO4. The van der Waals surface area contributed by atoms with E-state index in [2.05, 4.69) is 72.7 Å². The number of aliphatic carboxylic acids is 1. The number of benzene rings is 2. The monoisotopic (exact) mass is 553 g/mol. The van der Waals surface area contributed by atoms with Gasteiger partial charge in [0.15, 0.2) is 0 Å². The van der Waals surface area contributed by atoms with E-state index in [4.69, 9.17) is 0 Å². The molecule has 0 aliphatic rings. The molecular weight excluding hydrogens is 498 g/mol. The molecule has 2 rings (SSSR count). The molecule has 0 aromatic heterocycles. The van der Waals surface area contributed by atoms with Crippen LogP contribution in [0.1, 0.15) is 120 Å². The van der Waals surface area contributed by atoms with Crippen molar-refractivity contribution < 1.29 is 19.8 Å². The van der Waals surface area contributed by atoms with Crippen LogP contribution in [0.2, 0.25) is 0 Å². The van der Waals surface area contributed by atoms with Crippen LogP contribution < -0.4 is 0 Å². The molecule has 0 saturated carbocycles. The molecule has 0 aliphatic heterocycles. The zero-order chi connectivity index (χ0) is 31.2. The van der Waals surface area contributed by atoms with Gasteiger partial charge >= 0.3 is 5.97 Å². The highest BCUT2D eigenvalue weighted by Gasteiger charge is 2.40. The van der Waals surface area contributed by atoms with Crippen molar-refractivity contribution in [3.8, 4) is 0 Å². The molecule has 0 aliphatic carbocycles. The first-order chi connectivity index (χ1) is 18.4. The van der Waals surface area contributed by atoms with Crippen molar-refractivity contribution in [1.82, 2.24) is 4.90 Å². The van der Waals surface area contributed by atoms with Gasteiger partial charge in [0.05, 0.1) is 5.60 Å². The van der Waals surface area contributed by atoms with Gasteiger partial charge in [0.25, 0.3) is 5.91 Å². The zero-order valence-corrected chi connectivity index (χ0v) is 27.4.